The number of amides is 2. The lowest BCUT2D eigenvalue weighted by molar-refractivity contribution is -0.121. The lowest BCUT2D eigenvalue weighted by Crippen LogP contribution is -2.45. The molecule has 0 fully saturated rings. The molecule has 0 spiro atoms. The lowest BCUT2D eigenvalue weighted by atomic mass is 9.99. The zero-order valence-corrected chi connectivity index (χ0v) is 19.4. The average molecular weight is 462 g/mol. The second-order valence-corrected chi connectivity index (χ2v) is 9.60. The predicted molar refractivity (Wildman–Crippen MR) is 130 cm³/mol. The SMILES string of the molecule is Cc1sc2c(c1C)C(c1ccc(F)cc1)=NCC(=O)N2CC(=O)N1CCCc2ccccc21. The molecule has 168 valence electrons. The van der Waals surface area contributed by atoms with Crippen LogP contribution in [0.25, 0.3) is 0 Å². The molecule has 0 bridgehead atoms. The van der Waals surface area contributed by atoms with E-state index in [2.05, 4.69) is 11.1 Å². The van der Waals surface area contributed by atoms with Gasteiger partial charge in [0.1, 0.15) is 23.9 Å². The van der Waals surface area contributed by atoms with Crippen LogP contribution < -0.4 is 9.80 Å². The van der Waals surface area contributed by atoms with Crippen molar-refractivity contribution in [2.75, 3.05) is 29.4 Å². The molecule has 0 N–H and O–H groups in total. The Kier molecular flexibility index (Phi) is 5.58. The first-order valence-corrected chi connectivity index (χ1v) is 11.8. The van der Waals surface area contributed by atoms with E-state index in [1.807, 2.05) is 32.0 Å². The fraction of sp³-hybridized carbons (Fsp3) is 0.269. The topological polar surface area (TPSA) is 53.0 Å². The molecular formula is C26H24FN3O2S. The Morgan fingerprint density at radius 2 is 1.88 bits per heavy atom. The molecule has 2 aliphatic heterocycles. The molecule has 33 heavy (non-hydrogen) atoms. The van der Waals surface area contributed by atoms with Gasteiger partial charge in [0, 0.05) is 28.2 Å². The summed E-state index contributed by atoms with van der Waals surface area (Å²) in [5, 5.41) is 0.731. The van der Waals surface area contributed by atoms with Crippen LogP contribution >= 0.6 is 11.3 Å². The minimum atomic E-state index is -0.323. The van der Waals surface area contributed by atoms with E-state index in [1.165, 1.54) is 23.5 Å². The number of aryl methyl sites for hydroxylation is 2. The third kappa shape index (κ3) is 3.86. The van der Waals surface area contributed by atoms with Crippen molar-refractivity contribution < 1.29 is 14.0 Å². The van der Waals surface area contributed by atoms with E-state index in [0.29, 0.717) is 12.3 Å². The van der Waals surface area contributed by atoms with Gasteiger partial charge >= 0.3 is 0 Å². The van der Waals surface area contributed by atoms with Crippen molar-refractivity contribution in [3.63, 3.8) is 0 Å². The summed E-state index contributed by atoms with van der Waals surface area (Å²) in [5.74, 6) is -0.639. The number of thiophene rings is 1. The van der Waals surface area contributed by atoms with Crippen LogP contribution in [0.15, 0.2) is 53.5 Å². The maximum atomic E-state index is 13.5. The smallest absolute Gasteiger partial charge is 0.249 e. The Morgan fingerprint density at radius 3 is 2.67 bits per heavy atom. The van der Waals surface area contributed by atoms with Gasteiger partial charge in [-0.15, -0.1) is 11.3 Å². The van der Waals surface area contributed by atoms with Gasteiger partial charge in [0.15, 0.2) is 0 Å². The number of hydrogen-bond donors (Lipinski definition) is 0. The fourth-order valence-corrected chi connectivity index (χ4v) is 5.69. The monoisotopic (exact) mass is 461 g/mol. The Labute approximate surface area is 196 Å². The van der Waals surface area contributed by atoms with Crippen molar-refractivity contribution in [3.05, 3.63) is 81.5 Å². The normalized spacial score (nSPS) is 15.6. The van der Waals surface area contributed by atoms with Crippen LogP contribution in [0.3, 0.4) is 0 Å². The van der Waals surface area contributed by atoms with E-state index < -0.39 is 0 Å². The Hall–Kier alpha value is -3.32. The Morgan fingerprint density at radius 1 is 1.12 bits per heavy atom. The number of carbonyl (C=O) groups is 2. The van der Waals surface area contributed by atoms with Gasteiger partial charge < -0.3 is 4.90 Å². The summed E-state index contributed by atoms with van der Waals surface area (Å²) in [6, 6.07) is 14.1. The van der Waals surface area contributed by atoms with Crippen molar-refractivity contribution >= 4 is 39.6 Å². The molecule has 0 aliphatic carbocycles. The van der Waals surface area contributed by atoms with E-state index in [1.54, 1.807) is 21.9 Å². The number of nitrogens with zero attached hydrogens (tertiary/aromatic N) is 3. The lowest BCUT2D eigenvalue weighted by Gasteiger charge is -2.31. The van der Waals surface area contributed by atoms with E-state index in [-0.39, 0.29) is 30.7 Å². The van der Waals surface area contributed by atoms with Crippen molar-refractivity contribution in [2.45, 2.75) is 26.7 Å². The van der Waals surface area contributed by atoms with E-state index in [9.17, 15) is 14.0 Å². The number of anilines is 2. The maximum Gasteiger partial charge on any atom is 0.249 e. The Bertz CT molecular complexity index is 1280. The van der Waals surface area contributed by atoms with E-state index >= 15 is 0 Å². The zero-order valence-electron chi connectivity index (χ0n) is 18.6. The standard InChI is InChI=1S/C26H24FN3O2S/c1-16-17(2)33-26-24(16)25(19-9-11-20(27)12-10-19)28-14-22(31)30(26)15-23(32)29-13-5-7-18-6-3-4-8-21(18)29/h3-4,6,8-12H,5,7,13-15H2,1-2H3. The molecule has 3 aromatic rings. The minimum absolute atomic E-state index is 0.0359. The number of carbonyl (C=O) groups excluding carboxylic acids is 2. The quantitative estimate of drug-likeness (QED) is 0.569. The zero-order chi connectivity index (χ0) is 23.1. The second-order valence-electron chi connectivity index (χ2n) is 8.39. The van der Waals surface area contributed by atoms with Gasteiger partial charge in [0.05, 0.1) is 5.71 Å². The van der Waals surface area contributed by atoms with Crippen molar-refractivity contribution in [3.8, 4) is 0 Å². The number of hydrogen-bond acceptors (Lipinski definition) is 4. The second kappa shape index (κ2) is 8.56. The average Bonchev–Trinajstić information content (AvgIpc) is 3.04. The van der Waals surface area contributed by atoms with Gasteiger partial charge in [-0.3, -0.25) is 19.5 Å². The predicted octanol–water partition coefficient (Wildman–Crippen LogP) is 4.67. The first-order valence-electron chi connectivity index (χ1n) is 11.0. The first kappa shape index (κ1) is 21.5. The molecule has 0 unspecified atom stereocenters. The van der Waals surface area contributed by atoms with Gasteiger partial charge in [-0.1, -0.05) is 18.2 Å². The van der Waals surface area contributed by atoms with Crippen LogP contribution in [0.5, 0.6) is 0 Å². The highest BCUT2D eigenvalue weighted by molar-refractivity contribution is 7.17. The summed E-state index contributed by atoms with van der Waals surface area (Å²) in [5.41, 5.74) is 5.38. The number of aliphatic imine (C=N–C) groups is 1. The van der Waals surface area contributed by atoms with Crippen LogP contribution in [0.1, 0.15) is 33.6 Å². The summed E-state index contributed by atoms with van der Waals surface area (Å²) in [6.45, 7) is 4.55. The van der Waals surface area contributed by atoms with E-state index in [4.69, 9.17) is 0 Å². The van der Waals surface area contributed by atoms with Gasteiger partial charge in [-0.25, -0.2) is 4.39 Å². The maximum absolute atomic E-state index is 13.5. The van der Waals surface area contributed by atoms with Gasteiger partial charge in [-0.05, 0) is 68.1 Å². The molecule has 5 rings (SSSR count). The van der Waals surface area contributed by atoms with Gasteiger partial charge in [0.2, 0.25) is 11.8 Å². The molecule has 2 aliphatic rings. The van der Waals surface area contributed by atoms with Crippen LogP contribution in [0.2, 0.25) is 0 Å². The van der Waals surface area contributed by atoms with Crippen molar-refractivity contribution in [1.29, 1.82) is 0 Å². The Balaban J connectivity index is 1.52. The largest absolute Gasteiger partial charge is 0.311 e. The molecule has 2 amide bonds. The van der Waals surface area contributed by atoms with Gasteiger partial charge in [-0.2, -0.15) is 0 Å². The molecule has 0 saturated heterocycles. The summed E-state index contributed by atoms with van der Waals surface area (Å²) < 4.78 is 13.5. The highest BCUT2D eigenvalue weighted by Crippen LogP contribution is 2.39. The molecule has 2 aromatic carbocycles. The molecule has 0 radical (unpaired) electrons. The van der Waals surface area contributed by atoms with Gasteiger partial charge in [0.25, 0.3) is 0 Å². The number of para-hydroxylation sites is 1. The van der Waals surface area contributed by atoms with Crippen LogP contribution in [-0.4, -0.2) is 37.2 Å². The third-order valence-electron chi connectivity index (χ3n) is 6.34. The summed E-state index contributed by atoms with van der Waals surface area (Å²) in [7, 11) is 0. The third-order valence-corrected chi connectivity index (χ3v) is 7.57. The summed E-state index contributed by atoms with van der Waals surface area (Å²) >= 11 is 1.50. The molecule has 7 heteroatoms. The number of benzene rings is 2. The molecule has 0 saturated carbocycles. The van der Waals surface area contributed by atoms with Crippen molar-refractivity contribution in [1.82, 2.24) is 0 Å². The molecular weight excluding hydrogens is 437 g/mol. The summed E-state index contributed by atoms with van der Waals surface area (Å²) in [4.78, 5) is 35.7. The molecule has 5 nitrogen and oxygen atoms in total. The fourth-order valence-electron chi connectivity index (χ4n) is 4.52. The molecule has 3 heterocycles. The van der Waals surface area contributed by atoms with Crippen LogP contribution in [0.4, 0.5) is 15.1 Å². The summed E-state index contributed by atoms with van der Waals surface area (Å²) in [6.07, 6.45) is 1.85. The number of rotatable bonds is 3. The van der Waals surface area contributed by atoms with Crippen molar-refractivity contribution in [2.24, 2.45) is 4.99 Å². The molecule has 1 aromatic heterocycles. The highest BCUT2D eigenvalue weighted by Gasteiger charge is 2.33. The highest BCUT2D eigenvalue weighted by atomic mass is 32.1. The molecule has 0 atom stereocenters. The first-order chi connectivity index (χ1) is 15.9. The minimum Gasteiger partial charge on any atom is -0.311 e. The van der Waals surface area contributed by atoms with Crippen LogP contribution in [-0.2, 0) is 16.0 Å². The number of fused-ring (bicyclic) bond motifs is 2. The van der Waals surface area contributed by atoms with E-state index in [0.717, 1.165) is 50.7 Å². The number of halogens is 1. The van der Waals surface area contributed by atoms with Crippen LogP contribution in [0, 0.1) is 19.7 Å².